The van der Waals surface area contributed by atoms with Crippen molar-refractivity contribution in [3.63, 3.8) is 0 Å². The van der Waals surface area contributed by atoms with Gasteiger partial charge in [0, 0.05) is 13.0 Å². The molecule has 24 heavy (non-hydrogen) atoms. The maximum absolute atomic E-state index is 12.0. The molecule has 0 saturated carbocycles. The number of aryl methyl sites for hydroxylation is 1. The number of furan rings is 1. The molecule has 128 valence electrons. The highest BCUT2D eigenvalue weighted by atomic mass is 16.5. The van der Waals surface area contributed by atoms with Gasteiger partial charge in [-0.1, -0.05) is 12.1 Å². The fraction of sp³-hybridized carbons (Fsp3) is 0.389. The minimum atomic E-state index is -0.0712. The highest BCUT2D eigenvalue weighted by Gasteiger charge is 2.32. The Bertz CT molecular complexity index is 692. The smallest absolute Gasteiger partial charge is 0.317 e. The summed E-state index contributed by atoms with van der Waals surface area (Å²) in [7, 11) is 1.61. The fourth-order valence-corrected chi connectivity index (χ4v) is 2.60. The van der Waals surface area contributed by atoms with Gasteiger partial charge in [-0.05, 0) is 31.2 Å². The Balaban J connectivity index is 1.39. The molecule has 0 spiro atoms. The first kappa shape index (κ1) is 16.2. The number of benzene rings is 1. The lowest BCUT2D eigenvalue weighted by atomic mass is 10.2. The van der Waals surface area contributed by atoms with Crippen LogP contribution in [0.4, 0.5) is 4.79 Å². The molecule has 1 aliphatic rings. The van der Waals surface area contributed by atoms with Crippen molar-refractivity contribution in [1.82, 2.24) is 10.2 Å². The van der Waals surface area contributed by atoms with Crippen LogP contribution in [-0.4, -0.2) is 43.8 Å². The van der Waals surface area contributed by atoms with Crippen LogP contribution in [0.3, 0.4) is 0 Å². The summed E-state index contributed by atoms with van der Waals surface area (Å²) >= 11 is 0. The number of para-hydroxylation sites is 2. The number of nitrogens with one attached hydrogen (secondary N) is 1. The average molecular weight is 330 g/mol. The van der Waals surface area contributed by atoms with Crippen molar-refractivity contribution < 1.29 is 18.7 Å². The molecular weight excluding hydrogens is 308 g/mol. The first-order chi connectivity index (χ1) is 11.7. The van der Waals surface area contributed by atoms with Crippen molar-refractivity contribution in [1.29, 1.82) is 0 Å². The summed E-state index contributed by atoms with van der Waals surface area (Å²) in [5.74, 6) is 3.18. The number of likely N-dealkylation sites (tertiary alicyclic amines) is 1. The first-order valence-electron chi connectivity index (χ1n) is 8.03. The molecule has 1 N–H and O–H groups in total. The maximum atomic E-state index is 12.0. The van der Waals surface area contributed by atoms with E-state index in [0.29, 0.717) is 37.6 Å². The maximum Gasteiger partial charge on any atom is 0.317 e. The summed E-state index contributed by atoms with van der Waals surface area (Å²) in [6.45, 7) is 3.61. The van der Waals surface area contributed by atoms with Crippen LogP contribution >= 0.6 is 0 Å². The second-order valence-corrected chi connectivity index (χ2v) is 5.79. The Labute approximate surface area is 141 Å². The van der Waals surface area contributed by atoms with Gasteiger partial charge in [0.2, 0.25) is 0 Å². The molecular formula is C18H22N2O4. The van der Waals surface area contributed by atoms with E-state index in [-0.39, 0.29) is 12.1 Å². The molecule has 2 aromatic rings. The number of ether oxygens (including phenoxy) is 2. The van der Waals surface area contributed by atoms with E-state index in [1.54, 1.807) is 12.0 Å². The number of carbonyl (C=O) groups excluding carboxylic acids is 1. The third-order valence-electron chi connectivity index (χ3n) is 3.94. The summed E-state index contributed by atoms with van der Waals surface area (Å²) in [5.41, 5.74) is 0. The zero-order valence-electron chi connectivity index (χ0n) is 14.0. The number of hydrogen-bond acceptors (Lipinski definition) is 4. The largest absolute Gasteiger partial charge is 0.493 e. The molecule has 2 heterocycles. The average Bonchev–Trinajstić information content (AvgIpc) is 2.96. The van der Waals surface area contributed by atoms with Crippen LogP contribution < -0.4 is 14.8 Å². The topological polar surface area (TPSA) is 63.9 Å². The molecule has 0 unspecified atom stereocenters. The Morgan fingerprint density at radius 3 is 2.67 bits per heavy atom. The lowest BCUT2D eigenvalue weighted by Gasteiger charge is -2.38. The van der Waals surface area contributed by atoms with Crippen molar-refractivity contribution in [2.45, 2.75) is 19.4 Å². The summed E-state index contributed by atoms with van der Waals surface area (Å²) in [6, 6.07) is 11.3. The van der Waals surface area contributed by atoms with Gasteiger partial charge in [-0.3, -0.25) is 0 Å². The van der Waals surface area contributed by atoms with Gasteiger partial charge in [0.15, 0.2) is 11.5 Å². The third-order valence-corrected chi connectivity index (χ3v) is 3.94. The molecule has 1 aromatic carbocycles. The molecule has 0 bridgehead atoms. The highest BCUT2D eigenvalue weighted by Crippen LogP contribution is 2.28. The van der Waals surface area contributed by atoms with Crippen molar-refractivity contribution in [3.05, 3.63) is 47.9 Å². The summed E-state index contributed by atoms with van der Waals surface area (Å²) < 4.78 is 16.6. The number of rotatable bonds is 6. The van der Waals surface area contributed by atoms with E-state index in [4.69, 9.17) is 13.9 Å². The van der Waals surface area contributed by atoms with Crippen molar-refractivity contribution in [2.24, 2.45) is 0 Å². The van der Waals surface area contributed by atoms with E-state index in [1.807, 2.05) is 43.3 Å². The van der Waals surface area contributed by atoms with Crippen molar-refractivity contribution in [3.8, 4) is 11.5 Å². The molecule has 6 heteroatoms. The molecule has 1 saturated heterocycles. The van der Waals surface area contributed by atoms with E-state index in [9.17, 15) is 4.79 Å². The van der Waals surface area contributed by atoms with Gasteiger partial charge in [-0.2, -0.15) is 0 Å². The lowest BCUT2D eigenvalue weighted by molar-refractivity contribution is 0.0428. The Morgan fingerprint density at radius 1 is 1.25 bits per heavy atom. The van der Waals surface area contributed by atoms with Crippen LogP contribution in [0.25, 0.3) is 0 Å². The van der Waals surface area contributed by atoms with Crippen LogP contribution in [0.5, 0.6) is 11.5 Å². The predicted molar refractivity (Wildman–Crippen MR) is 89.5 cm³/mol. The molecule has 6 nitrogen and oxygen atoms in total. The Hall–Kier alpha value is -2.63. The lowest BCUT2D eigenvalue weighted by Crippen LogP contribution is -2.59. The standard InChI is InChI=1S/C18H22N2O4/c1-13-7-8-14(23-13)9-10-19-18(21)20-11-15(12-20)24-17-6-4-3-5-16(17)22-2/h3-8,15H,9-12H2,1-2H3,(H,19,21). The molecule has 1 aromatic heterocycles. The molecule has 1 aliphatic heterocycles. The molecule has 0 atom stereocenters. The van der Waals surface area contributed by atoms with Gasteiger partial charge in [-0.25, -0.2) is 4.79 Å². The predicted octanol–water partition coefficient (Wildman–Crippen LogP) is 2.61. The minimum absolute atomic E-state index is 0.000210. The highest BCUT2D eigenvalue weighted by molar-refractivity contribution is 5.75. The minimum Gasteiger partial charge on any atom is -0.493 e. The van der Waals surface area contributed by atoms with Crippen LogP contribution in [-0.2, 0) is 6.42 Å². The van der Waals surface area contributed by atoms with Gasteiger partial charge in [-0.15, -0.1) is 0 Å². The molecule has 3 rings (SSSR count). The summed E-state index contributed by atoms with van der Waals surface area (Å²) in [6.07, 6.45) is 0.689. The third kappa shape index (κ3) is 3.82. The van der Waals surface area contributed by atoms with E-state index >= 15 is 0 Å². The van der Waals surface area contributed by atoms with Gasteiger partial charge in [0.1, 0.15) is 17.6 Å². The zero-order valence-corrected chi connectivity index (χ0v) is 14.0. The summed E-state index contributed by atoms with van der Waals surface area (Å²) in [5, 5.41) is 2.90. The monoisotopic (exact) mass is 330 g/mol. The molecule has 0 aliphatic carbocycles. The van der Waals surface area contributed by atoms with Crippen molar-refractivity contribution in [2.75, 3.05) is 26.7 Å². The van der Waals surface area contributed by atoms with Crippen molar-refractivity contribution >= 4 is 6.03 Å². The number of nitrogens with zero attached hydrogens (tertiary/aromatic N) is 1. The molecule has 2 amide bonds. The van der Waals surface area contributed by atoms with Crippen LogP contribution in [0.2, 0.25) is 0 Å². The van der Waals surface area contributed by atoms with E-state index in [1.165, 1.54) is 0 Å². The van der Waals surface area contributed by atoms with E-state index in [0.717, 1.165) is 11.5 Å². The van der Waals surface area contributed by atoms with E-state index in [2.05, 4.69) is 5.32 Å². The number of amides is 2. The number of carbonyl (C=O) groups is 1. The van der Waals surface area contributed by atoms with Gasteiger partial charge in [0.25, 0.3) is 0 Å². The Morgan fingerprint density at radius 2 is 2.00 bits per heavy atom. The second-order valence-electron chi connectivity index (χ2n) is 5.79. The van der Waals surface area contributed by atoms with Gasteiger partial charge >= 0.3 is 6.03 Å². The molecule has 1 fully saturated rings. The number of urea groups is 1. The number of hydrogen-bond donors (Lipinski definition) is 1. The quantitative estimate of drug-likeness (QED) is 0.884. The first-order valence-corrected chi connectivity index (χ1v) is 8.03. The number of methoxy groups -OCH3 is 1. The van der Waals surface area contributed by atoms with Gasteiger partial charge < -0.3 is 24.1 Å². The van der Waals surface area contributed by atoms with Crippen LogP contribution in [0, 0.1) is 6.92 Å². The van der Waals surface area contributed by atoms with Crippen LogP contribution in [0.15, 0.2) is 40.8 Å². The second kappa shape index (κ2) is 7.29. The fourth-order valence-electron chi connectivity index (χ4n) is 2.60. The SMILES string of the molecule is COc1ccccc1OC1CN(C(=O)NCCc2ccc(C)o2)C1. The van der Waals surface area contributed by atoms with Crippen LogP contribution in [0.1, 0.15) is 11.5 Å². The van der Waals surface area contributed by atoms with Gasteiger partial charge in [0.05, 0.1) is 20.2 Å². The molecule has 0 radical (unpaired) electrons. The van der Waals surface area contributed by atoms with E-state index < -0.39 is 0 Å². The zero-order chi connectivity index (χ0) is 16.9. The Kier molecular flexibility index (Phi) is 4.93. The summed E-state index contributed by atoms with van der Waals surface area (Å²) in [4.78, 5) is 13.8. The normalized spacial score (nSPS) is 14.2.